The predicted octanol–water partition coefficient (Wildman–Crippen LogP) is 2.31. The van der Waals surface area contributed by atoms with Crippen molar-refractivity contribution in [3.05, 3.63) is 71.5 Å². The van der Waals surface area contributed by atoms with Gasteiger partial charge in [0.2, 0.25) is 5.91 Å². The van der Waals surface area contributed by atoms with Crippen LogP contribution in [-0.4, -0.2) is 56.0 Å². The number of likely N-dealkylation sites (tertiary alicyclic amines) is 1. The second-order valence-electron chi connectivity index (χ2n) is 7.84. The SMILES string of the molecule is CN=C(NCCNC(=O)Cc1cccc(F)c1)NC1CCN(Cc2ccccc2)CC1. The standard InChI is InChI=1S/C24H32FN5O/c1-26-24(28-13-12-27-23(31)17-20-8-5-9-21(25)16-20)29-22-10-14-30(15-11-22)18-19-6-3-2-4-7-19/h2-9,16,22H,10-15,17-18H2,1H3,(H,27,31)(H2,26,28,29). The average molecular weight is 426 g/mol. The van der Waals surface area contributed by atoms with E-state index in [4.69, 9.17) is 0 Å². The van der Waals surface area contributed by atoms with Gasteiger partial charge in [0, 0.05) is 45.8 Å². The smallest absolute Gasteiger partial charge is 0.224 e. The monoisotopic (exact) mass is 425 g/mol. The van der Waals surface area contributed by atoms with Crippen LogP contribution in [0, 0.1) is 5.82 Å². The van der Waals surface area contributed by atoms with Crippen LogP contribution >= 0.6 is 0 Å². The molecular formula is C24H32FN5O. The van der Waals surface area contributed by atoms with Gasteiger partial charge in [0.1, 0.15) is 5.82 Å². The summed E-state index contributed by atoms with van der Waals surface area (Å²) in [6.07, 6.45) is 2.31. The third kappa shape index (κ3) is 8.02. The molecular weight excluding hydrogens is 393 g/mol. The topological polar surface area (TPSA) is 68.8 Å². The lowest BCUT2D eigenvalue weighted by molar-refractivity contribution is -0.120. The van der Waals surface area contributed by atoms with Crippen LogP contribution in [0.2, 0.25) is 0 Å². The summed E-state index contributed by atoms with van der Waals surface area (Å²) >= 11 is 0. The highest BCUT2D eigenvalue weighted by atomic mass is 19.1. The van der Waals surface area contributed by atoms with E-state index in [-0.39, 0.29) is 18.1 Å². The van der Waals surface area contributed by atoms with Crippen molar-refractivity contribution in [2.45, 2.75) is 31.8 Å². The molecule has 1 aliphatic rings. The first-order chi connectivity index (χ1) is 15.1. The zero-order chi connectivity index (χ0) is 21.9. The minimum atomic E-state index is -0.326. The number of aliphatic imine (C=N–C) groups is 1. The first-order valence-electron chi connectivity index (χ1n) is 10.9. The molecule has 0 bridgehead atoms. The summed E-state index contributed by atoms with van der Waals surface area (Å²) in [4.78, 5) is 18.8. The highest BCUT2D eigenvalue weighted by Crippen LogP contribution is 2.13. The molecule has 0 spiro atoms. The van der Waals surface area contributed by atoms with E-state index in [1.165, 1.54) is 17.7 Å². The van der Waals surface area contributed by atoms with Crippen LogP contribution < -0.4 is 16.0 Å². The molecule has 1 fully saturated rings. The molecule has 2 aromatic carbocycles. The highest BCUT2D eigenvalue weighted by molar-refractivity contribution is 5.80. The van der Waals surface area contributed by atoms with E-state index in [0.717, 1.165) is 38.4 Å². The van der Waals surface area contributed by atoms with Crippen molar-refractivity contribution < 1.29 is 9.18 Å². The summed E-state index contributed by atoms with van der Waals surface area (Å²) in [7, 11) is 1.75. The third-order valence-electron chi connectivity index (χ3n) is 5.39. The Balaban J connectivity index is 1.30. The van der Waals surface area contributed by atoms with Gasteiger partial charge in [-0.25, -0.2) is 4.39 Å². The lowest BCUT2D eigenvalue weighted by atomic mass is 10.0. The summed E-state index contributed by atoms with van der Waals surface area (Å²) in [6, 6.07) is 17.1. The maximum Gasteiger partial charge on any atom is 0.224 e. The van der Waals surface area contributed by atoms with E-state index < -0.39 is 0 Å². The summed E-state index contributed by atoms with van der Waals surface area (Å²) in [5, 5.41) is 9.58. The van der Waals surface area contributed by atoms with Crippen molar-refractivity contribution in [2.24, 2.45) is 4.99 Å². The van der Waals surface area contributed by atoms with Gasteiger partial charge in [-0.1, -0.05) is 42.5 Å². The zero-order valence-electron chi connectivity index (χ0n) is 18.1. The van der Waals surface area contributed by atoms with Crippen LogP contribution in [0.1, 0.15) is 24.0 Å². The predicted molar refractivity (Wildman–Crippen MR) is 122 cm³/mol. The number of hydrogen-bond donors (Lipinski definition) is 3. The quantitative estimate of drug-likeness (QED) is 0.345. The van der Waals surface area contributed by atoms with Crippen LogP contribution in [0.5, 0.6) is 0 Å². The summed E-state index contributed by atoms with van der Waals surface area (Å²) < 4.78 is 13.2. The molecule has 0 aromatic heterocycles. The Labute approximate surface area is 183 Å². The lowest BCUT2D eigenvalue weighted by Gasteiger charge is -2.33. The first kappa shape index (κ1) is 22.7. The normalized spacial score (nSPS) is 15.5. The number of halogens is 1. The largest absolute Gasteiger partial charge is 0.355 e. The summed E-state index contributed by atoms with van der Waals surface area (Å²) in [6.45, 7) is 4.15. The van der Waals surface area contributed by atoms with Gasteiger partial charge in [0.15, 0.2) is 5.96 Å². The van der Waals surface area contributed by atoms with Crippen molar-refractivity contribution >= 4 is 11.9 Å². The maximum atomic E-state index is 13.2. The fraction of sp³-hybridized carbons (Fsp3) is 0.417. The van der Waals surface area contributed by atoms with Crippen LogP contribution in [0.3, 0.4) is 0 Å². The van der Waals surface area contributed by atoms with Crippen LogP contribution in [-0.2, 0) is 17.8 Å². The highest BCUT2D eigenvalue weighted by Gasteiger charge is 2.20. The molecule has 0 unspecified atom stereocenters. The summed E-state index contributed by atoms with van der Waals surface area (Å²) in [5.74, 6) is 0.301. The van der Waals surface area contributed by atoms with Crippen molar-refractivity contribution in [1.82, 2.24) is 20.9 Å². The number of carbonyl (C=O) groups excluding carboxylic acids is 1. The molecule has 2 aromatic rings. The number of nitrogens with one attached hydrogen (secondary N) is 3. The second kappa shape index (κ2) is 12.1. The molecule has 0 radical (unpaired) electrons. The minimum Gasteiger partial charge on any atom is -0.355 e. The van der Waals surface area contributed by atoms with E-state index in [1.807, 2.05) is 6.07 Å². The number of hydrogen-bond acceptors (Lipinski definition) is 3. The molecule has 0 aliphatic carbocycles. The van der Waals surface area contributed by atoms with Crippen LogP contribution in [0.15, 0.2) is 59.6 Å². The fourth-order valence-corrected chi connectivity index (χ4v) is 3.74. The molecule has 166 valence electrons. The maximum absolute atomic E-state index is 13.2. The Morgan fingerprint density at radius 1 is 1.03 bits per heavy atom. The van der Waals surface area contributed by atoms with Crippen molar-refractivity contribution in [3.63, 3.8) is 0 Å². The van der Waals surface area contributed by atoms with E-state index in [2.05, 4.69) is 50.1 Å². The molecule has 31 heavy (non-hydrogen) atoms. The second-order valence-corrected chi connectivity index (χ2v) is 7.84. The Kier molecular flexibility index (Phi) is 8.84. The first-order valence-corrected chi connectivity index (χ1v) is 10.9. The number of guanidine groups is 1. The van der Waals surface area contributed by atoms with Gasteiger partial charge in [0.05, 0.1) is 6.42 Å². The number of carbonyl (C=O) groups is 1. The van der Waals surface area contributed by atoms with Gasteiger partial charge < -0.3 is 16.0 Å². The Bertz CT molecular complexity index is 850. The number of rotatable bonds is 8. The minimum absolute atomic E-state index is 0.124. The molecule has 0 saturated carbocycles. The molecule has 7 heteroatoms. The molecule has 0 atom stereocenters. The molecule has 1 amide bonds. The van der Waals surface area contributed by atoms with Gasteiger partial charge in [0.25, 0.3) is 0 Å². The zero-order valence-corrected chi connectivity index (χ0v) is 18.1. The molecule has 1 heterocycles. The molecule has 1 aliphatic heterocycles. The molecule has 3 rings (SSSR count). The Morgan fingerprint density at radius 2 is 1.74 bits per heavy atom. The van der Waals surface area contributed by atoms with Gasteiger partial charge in [-0.3, -0.25) is 14.7 Å². The van der Waals surface area contributed by atoms with Crippen molar-refractivity contribution in [2.75, 3.05) is 33.2 Å². The number of piperidine rings is 1. The lowest BCUT2D eigenvalue weighted by Crippen LogP contribution is -2.49. The number of amides is 1. The van der Waals surface area contributed by atoms with Crippen LogP contribution in [0.25, 0.3) is 0 Å². The van der Waals surface area contributed by atoms with Crippen molar-refractivity contribution in [3.8, 4) is 0 Å². The van der Waals surface area contributed by atoms with Gasteiger partial charge in [-0.2, -0.15) is 0 Å². The van der Waals surface area contributed by atoms with E-state index in [9.17, 15) is 9.18 Å². The molecule has 6 nitrogen and oxygen atoms in total. The Morgan fingerprint density at radius 3 is 2.45 bits per heavy atom. The summed E-state index contributed by atoms with van der Waals surface area (Å²) in [5.41, 5.74) is 2.02. The third-order valence-corrected chi connectivity index (χ3v) is 5.39. The van der Waals surface area contributed by atoms with E-state index >= 15 is 0 Å². The number of benzene rings is 2. The molecule has 1 saturated heterocycles. The van der Waals surface area contributed by atoms with Gasteiger partial charge in [-0.15, -0.1) is 0 Å². The molecule has 3 N–H and O–H groups in total. The van der Waals surface area contributed by atoms with Crippen molar-refractivity contribution in [1.29, 1.82) is 0 Å². The van der Waals surface area contributed by atoms with Gasteiger partial charge in [-0.05, 0) is 36.1 Å². The number of nitrogens with zero attached hydrogens (tertiary/aromatic N) is 2. The van der Waals surface area contributed by atoms with Gasteiger partial charge >= 0.3 is 0 Å². The van der Waals surface area contributed by atoms with E-state index in [1.54, 1.807) is 19.2 Å². The Hall–Kier alpha value is -2.93. The van der Waals surface area contributed by atoms with Crippen LogP contribution in [0.4, 0.5) is 4.39 Å². The average Bonchev–Trinajstić information content (AvgIpc) is 2.78. The van der Waals surface area contributed by atoms with E-state index in [0.29, 0.717) is 24.7 Å². The fourth-order valence-electron chi connectivity index (χ4n) is 3.74.